The molecule has 2 aromatic rings. The van der Waals surface area contributed by atoms with Crippen LogP contribution in [0.15, 0.2) is 42.9 Å². The Hall–Kier alpha value is -2.56. The van der Waals surface area contributed by atoms with Gasteiger partial charge in [-0.25, -0.2) is 4.98 Å². The molecule has 110 valence electrons. The monoisotopic (exact) mass is 285 g/mol. The van der Waals surface area contributed by atoms with Crippen LogP contribution in [-0.4, -0.2) is 29.0 Å². The number of aromatic amines is 1. The molecule has 0 bridgehead atoms. The normalized spacial score (nSPS) is 10.7. The number of rotatable bonds is 7. The molecule has 0 atom stereocenters. The fraction of sp³-hybridized carbons (Fsp3) is 0.250. The predicted molar refractivity (Wildman–Crippen MR) is 81.9 cm³/mol. The smallest absolute Gasteiger partial charge is 0.244 e. The highest BCUT2D eigenvalue weighted by molar-refractivity contribution is 5.91. The van der Waals surface area contributed by atoms with Crippen LogP contribution in [0.2, 0.25) is 0 Å². The van der Waals surface area contributed by atoms with Gasteiger partial charge in [-0.3, -0.25) is 4.79 Å². The number of carbonyl (C=O) groups is 1. The van der Waals surface area contributed by atoms with Crippen LogP contribution in [0.3, 0.4) is 0 Å². The SMILES string of the molecule is CCOc1ccc(C=CC(=O)NCCc2cnc[nH]2)cc1. The van der Waals surface area contributed by atoms with Gasteiger partial charge in [0.25, 0.3) is 0 Å². The molecule has 0 spiro atoms. The Morgan fingerprint density at radius 1 is 1.38 bits per heavy atom. The number of carbonyl (C=O) groups excluding carboxylic acids is 1. The van der Waals surface area contributed by atoms with E-state index in [1.807, 2.05) is 31.2 Å². The molecule has 0 radical (unpaired) electrons. The van der Waals surface area contributed by atoms with E-state index in [1.165, 1.54) is 6.08 Å². The van der Waals surface area contributed by atoms with E-state index < -0.39 is 0 Å². The minimum absolute atomic E-state index is 0.108. The molecule has 0 saturated carbocycles. The molecule has 0 aliphatic heterocycles. The van der Waals surface area contributed by atoms with Gasteiger partial charge in [0.05, 0.1) is 12.9 Å². The molecule has 1 heterocycles. The van der Waals surface area contributed by atoms with Gasteiger partial charge in [0, 0.05) is 30.9 Å². The first kappa shape index (κ1) is 14.8. The van der Waals surface area contributed by atoms with Gasteiger partial charge < -0.3 is 15.0 Å². The van der Waals surface area contributed by atoms with Gasteiger partial charge in [-0.05, 0) is 30.7 Å². The molecular weight excluding hydrogens is 266 g/mol. The molecule has 21 heavy (non-hydrogen) atoms. The number of nitrogens with zero attached hydrogens (tertiary/aromatic N) is 1. The molecule has 0 aliphatic rings. The summed E-state index contributed by atoms with van der Waals surface area (Å²) in [6.45, 7) is 3.17. The van der Waals surface area contributed by atoms with Gasteiger partial charge in [-0.2, -0.15) is 0 Å². The van der Waals surface area contributed by atoms with Crippen LogP contribution < -0.4 is 10.1 Å². The van der Waals surface area contributed by atoms with E-state index in [9.17, 15) is 4.79 Å². The maximum Gasteiger partial charge on any atom is 0.244 e. The highest BCUT2D eigenvalue weighted by atomic mass is 16.5. The van der Waals surface area contributed by atoms with E-state index in [-0.39, 0.29) is 5.91 Å². The Bertz CT molecular complexity index is 574. The second kappa shape index (κ2) is 7.89. The topological polar surface area (TPSA) is 67.0 Å². The number of amides is 1. The summed E-state index contributed by atoms with van der Waals surface area (Å²) >= 11 is 0. The van der Waals surface area contributed by atoms with Gasteiger partial charge in [0.15, 0.2) is 0 Å². The van der Waals surface area contributed by atoms with Crippen molar-refractivity contribution < 1.29 is 9.53 Å². The van der Waals surface area contributed by atoms with Crippen LogP contribution in [-0.2, 0) is 11.2 Å². The number of imidazole rings is 1. The van der Waals surface area contributed by atoms with Crippen LogP contribution in [0.25, 0.3) is 6.08 Å². The largest absolute Gasteiger partial charge is 0.494 e. The summed E-state index contributed by atoms with van der Waals surface area (Å²) in [5.74, 6) is 0.724. The fourth-order valence-electron chi connectivity index (χ4n) is 1.81. The quantitative estimate of drug-likeness (QED) is 0.766. The zero-order chi connectivity index (χ0) is 14.9. The third kappa shape index (κ3) is 5.14. The second-order valence-electron chi connectivity index (χ2n) is 4.45. The Labute approximate surface area is 124 Å². The fourth-order valence-corrected chi connectivity index (χ4v) is 1.81. The summed E-state index contributed by atoms with van der Waals surface area (Å²) in [5.41, 5.74) is 1.97. The number of hydrogen-bond acceptors (Lipinski definition) is 3. The molecule has 1 amide bonds. The van der Waals surface area contributed by atoms with Gasteiger partial charge in [-0.15, -0.1) is 0 Å². The predicted octanol–water partition coefficient (Wildman–Crippen LogP) is 2.18. The first-order valence-electron chi connectivity index (χ1n) is 6.94. The summed E-state index contributed by atoms with van der Waals surface area (Å²) in [7, 11) is 0. The van der Waals surface area contributed by atoms with E-state index in [1.54, 1.807) is 18.6 Å². The molecule has 5 nitrogen and oxygen atoms in total. The number of nitrogens with one attached hydrogen (secondary N) is 2. The number of ether oxygens (including phenoxy) is 1. The molecule has 2 N–H and O–H groups in total. The zero-order valence-electron chi connectivity index (χ0n) is 12.0. The summed E-state index contributed by atoms with van der Waals surface area (Å²) in [5, 5.41) is 2.82. The number of hydrogen-bond donors (Lipinski definition) is 2. The third-order valence-electron chi connectivity index (χ3n) is 2.87. The van der Waals surface area contributed by atoms with Crippen LogP contribution in [0.1, 0.15) is 18.2 Å². The van der Waals surface area contributed by atoms with Crippen molar-refractivity contribution in [2.24, 2.45) is 0 Å². The van der Waals surface area contributed by atoms with Crippen molar-refractivity contribution in [1.29, 1.82) is 0 Å². The highest BCUT2D eigenvalue weighted by Crippen LogP contribution is 2.12. The van der Waals surface area contributed by atoms with Gasteiger partial charge in [-0.1, -0.05) is 12.1 Å². The van der Waals surface area contributed by atoms with Crippen LogP contribution in [0.4, 0.5) is 0 Å². The average molecular weight is 285 g/mol. The molecule has 0 fully saturated rings. The van der Waals surface area contributed by atoms with E-state index in [0.29, 0.717) is 13.2 Å². The van der Waals surface area contributed by atoms with Crippen molar-refractivity contribution in [3.05, 3.63) is 54.1 Å². The molecule has 1 aromatic carbocycles. The van der Waals surface area contributed by atoms with E-state index in [2.05, 4.69) is 15.3 Å². The first-order valence-corrected chi connectivity index (χ1v) is 6.94. The molecule has 5 heteroatoms. The van der Waals surface area contributed by atoms with Crippen molar-refractivity contribution in [2.75, 3.05) is 13.2 Å². The minimum atomic E-state index is -0.108. The lowest BCUT2D eigenvalue weighted by Crippen LogP contribution is -2.23. The maximum atomic E-state index is 11.7. The van der Waals surface area contributed by atoms with E-state index in [0.717, 1.165) is 23.4 Å². The standard InChI is InChI=1S/C16H19N3O2/c1-2-21-15-6-3-13(4-7-15)5-8-16(20)18-10-9-14-11-17-12-19-14/h3-8,11-12H,2,9-10H2,1H3,(H,17,19)(H,18,20). The van der Waals surface area contributed by atoms with Crippen LogP contribution >= 0.6 is 0 Å². The second-order valence-corrected chi connectivity index (χ2v) is 4.45. The molecule has 0 saturated heterocycles. The van der Waals surface area contributed by atoms with E-state index in [4.69, 9.17) is 4.74 Å². The number of aromatic nitrogens is 2. The molecule has 2 rings (SSSR count). The lowest BCUT2D eigenvalue weighted by atomic mass is 10.2. The summed E-state index contributed by atoms with van der Waals surface area (Å²) in [6.07, 6.45) is 7.43. The lowest BCUT2D eigenvalue weighted by Gasteiger charge is -2.02. The van der Waals surface area contributed by atoms with Gasteiger partial charge in [0.2, 0.25) is 5.91 Å². The van der Waals surface area contributed by atoms with Gasteiger partial charge in [0.1, 0.15) is 5.75 Å². The van der Waals surface area contributed by atoms with Gasteiger partial charge >= 0.3 is 0 Å². The van der Waals surface area contributed by atoms with Crippen molar-refractivity contribution in [3.8, 4) is 5.75 Å². The summed E-state index contributed by atoms with van der Waals surface area (Å²) in [4.78, 5) is 18.6. The van der Waals surface area contributed by atoms with Crippen molar-refractivity contribution in [2.45, 2.75) is 13.3 Å². The Morgan fingerprint density at radius 3 is 2.86 bits per heavy atom. The molecule has 0 aliphatic carbocycles. The molecule has 1 aromatic heterocycles. The zero-order valence-corrected chi connectivity index (χ0v) is 12.0. The number of H-pyrrole nitrogens is 1. The average Bonchev–Trinajstić information content (AvgIpc) is 3.00. The van der Waals surface area contributed by atoms with Crippen molar-refractivity contribution in [3.63, 3.8) is 0 Å². The molecule has 0 unspecified atom stereocenters. The Balaban J connectivity index is 1.75. The highest BCUT2D eigenvalue weighted by Gasteiger charge is 1.97. The van der Waals surface area contributed by atoms with Crippen LogP contribution in [0.5, 0.6) is 5.75 Å². The van der Waals surface area contributed by atoms with E-state index >= 15 is 0 Å². The minimum Gasteiger partial charge on any atom is -0.494 e. The summed E-state index contributed by atoms with van der Waals surface area (Å²) < 4.78 is 5.36. The van der Waals surface area contributed by atoms with Crippen LogP contribution in [0, 0.1) is 0 Å². The Kier molecular flexibility index (Phi) is 5.58. The molecular formula is C16H19N3O2. The van der Waals surface area contributed by atoms with Crippen molar-refractivity contribution >= 4 is 12.0 Å². The third-order valence-corrected chi connectivity index (χ3v) is 2.87. The first-order chi connectivity index (χ1) is 10.3. The number of benzene rings is 1. The maximum absolute atomic E-state index is 11.7. The van der Waals surface area contributed by atoms with Crippen molar-refractivity contribution in [1.82, 2.24) is 15.3 Å². The lowest BCUT2D eigenvalue weighted by molar-refractivity contribution is -0.116. The Morgan fingerprint density at radius 2 is 2.19 bits per heavy atom. The summed E-state index contributed by atoms with van der Waals surface area (Å²) in [6, 6.07) is 7.61.